The van der Waals surface area contributed by atoms with Crippen molar-refractivity contribution in [2.24, 2.45) is 17.6 Å². The van der Waals surface area contributed by atoms with E-state index in [0.717, 1.165) is 10.6 Å². The summed E-state index contributed by atoms with van der Waals surface area (Å²) in [6.45, 7) is 4.69. The van der Waals surface area contributed by atoms with E-state index in [9.17, 15) is 5.11 Å². The van der Waals surface area contributed by atoms with Crippen molar-refractivity contribution < 1.29 is 5.11 Å². The predicted octanol–water partition coefficient (Wildman–Crippen LogP) is 2.47. The molecule has 1 aromatic rings. The van der Waals surface area contributed by atoms with Gasteiger partial charge >= 0.3 is 0 Å². The average molecular weight is 242 g/mol. The van der Waals surface area contributed by atoms with Crippen molar-refractivity contribution in [1.29, 1.82) is 0 Å². The Morgan fingerprint density at radius 3 is 2.25 bits per heavy atom. The van der Waals surface area contributed by atoms with Crippen LogP contribution in [0.1, 0.15) is 19.4 Å². The molecule has 0 aliphatic heterocycles. The first kappa shape index (κ1) is 13.5. The van der Waals surface area contributed by atoms with Gasteiger partial charge in [0.15, 0.2) is 0 Å². The van der Waals surface area contributed by atoms with Gasteiger partial charge in [-0.05, 0) is 42.5 Å². The molecule has 0 aliphatic rings. The summed E-state index contributed by atoms with van der Waals surface area (Å²) in [4.78, 5) is 0. The average Bonchev–Trinajstić information content (AvgIpc) is 2.22. The largest absolute Gasteiger partial charge is 0.392 e. The van der Waals surface area contributed by atoms with Gasteiger partial charge in [0.1, 0.15) is 0 Å². The van der Waals surface area contributed by atoms with Gasteiger partial charge < -0.3 is 10.8 Å². The van der Waals surface area contributed by atoms with Crippen molar-refractivity contribution in [3.8, 4) is 0 Å². The van der Waals surface area contributed by atoms with Crippen LogP contribution in [0.5, 0.6) is 0 Å². The first-order chi connectivity index (χ1) is 7.54. The van der Waals surface area contributed by atoms with Crippen LogP contribution in [0.3, 0.4) is 0 Å². The molecular formula is C13H20ClNO. The molecule has 16 heavy (non-hydrogen) atoms. The highest BCUT2D eigenvalue weighted by atomic mass is 35.5. The number of aliphatic hydroxyl groups excluding tert-OH is 1. The van der Waals surface area contributed by atoms with E-state index >= 15 is 0 Å². The van der Waals surface area contributed by atoms with Gasteiger partial charge in [0, 0.05) is 5.02 Å². The third kappa shape index (κ3) is 3.78. The zero-order chi connectivity index (χ0) is 12.1. The van der Waals surface area contributed by atoms with Crippen LogP contribution in [0.15, 0.2) is 24.3 Å². The topological polar surface area (TPSA) is 46.2 Å². The van der Waals surface area contributed by atoms with E-state index in [1.54, 1.807) is 0 Å². The molecule has 0 spiro atoms. The molecule has 1 aromatic carbocycles. The summed E-state index contributed by atoms with van der Waals surface area (Å²) in [6, 6.07) is 7.58. The van der Waals surface area contributed by atoms with Crippen molar-refractivity contribution in [3.05, 3.63) is 34.9 Å². The van der Waals surface area contributed by atoms with Crippen molar-refractivity contribution >= 4 is 11.6 Å². The fourth-order valence-corrected chi connectivity index (χ4v) is 2.01. The van der Waals surface area contributed by atoms with E-state index in [-0.39, 0.29) is 12.0 Å². The SMILES string of the molecule is CC(C)C(CN)C(O)Cc1ccc(Cl)cc1. The maximum absolute atomic E-state index is 10.1. The van der Waals surface area contributed by atoms with E-state index in [1.165, 1.54) is 0 Å². The molecule has 0 amide bonds. The highest BCUT2D eigenvalue weighted by molar-refractivity contribution is 6.30. The van der Waals surface area contributed by atoms with Gasteiger partial charge in [-0.15, -0.1) is 0 Å². The quantitative estimate of drug-likeness (QED) is 0.832. The first-order valence-corrected chi connectivity index (χ1v) is 6.05. The summed E-state index contributed by atoms with van der Waals surface area (Å²) in [5, 5.41) is 10.8. The number of halogens is 1. The van der Waals surface area contributed by atoms with Gasteiger partial charge in [-0.2, -0.15) is 0 Å². The monoisotopic (exact) mass is 241 g/mol. The van der Waals surface area contributed by atoms with Crippen molar-refractivity contribution in [2.45, 2.75) is 26.4 Å². The first-order valence-electron chi connectivity index (χ1n) is 5.67. The third-order valence-electron chi connectivity index (χ3n) is 2.98. The molecule has 2 atom stereocenters. The Balaban J connectivity index is 2.62. The van der Waals surface area contributed by atoms with Gasteiger partial charge in [-0.3, -0.25) is 0 Å². The van der Waals surface area contributed by atoms with Crippen LogP contribution >= 0.6 is 11.6 Å². The molecule has 2 nitrogen and oxygen atoms in total. The minimum Gasteiger partial charge on any atom is -0.392 e. The predicted molar refractivity (Wildman–Crippen MR) is 68.5 cm³/mol. The Morgan fingerprint density at radius 2 is 1.81 bits per heavy atom. The van der Waals surface area contributed by atoms with Crippen LogP contribution in [-0.2, 0) is 6.42 Å². The molecule has 0 heterocycles. The van der Waals surface area contributed by atoms with Gasteiger partial charge in [0.05, 0.1) is 6.10 Å². The van der Waals surface area contributed by atoms with E-state index in [4.69, 9.17) is 17.3 Å². The third-order valence-corrected chi connectivity index (χ3v) is 3.23. The van der Waals surface area contributed by atoms with Crippen LogP contribution in [0.4, 0.5) is 0 Å². The second kappa shape index (κ2) is 6.24. The van der Waals surface area contributed by atoms with Crippen LogP contribution in [0.25, 0.3) is 0 Å². The maximum Gasteiger partial charge on any atom is 0.0623 e. The molecule has 0 saturated carbocycles. The van der Waals surface area contributed by atoms with Crippen molar-refractivity contribution in [1.82, 2.24) is 0 Å². The summed E-state index contributed by atoms with van der Waals surface area (Å²) in [7, 11) is 0. The number of nitrogens with two attached hydrogens (primary N) is 1. The van der Waals surface area contributed by atoms with E-state index < -0.39 is 0 Å². The van der Waals surface area contributed by atoms with Crippen LogP contribution in [0, 0.1) is 11.8 Å². The maximum atomic E-state index is 10.1. The van der Waals surface area contributed by atoms with Gasteiger partial charge in [0.2, 0.25) is 0 Å². The Hall–Kier alpha value is -0.570. The number of hydrogen-bond donors (Lipinski definition) is 2. The molecule has 90 valence electrons. The van der Waals surface area contributed by atoms with Crippen LogP contribution in [0.2, 0.25) is 5.02 Å². The lowest BCUT2D eigenvalue weighted by Gasteiger charge is -2.25. The molecule has 0 aliphatic carbocycles. The molecular weight excluding hydrogens is 222 g/mol. The van der Waals surface area contributed by atoms with E-state index in [0.29, 0.717) is 18.9 Å². The van der Waals surface area contributed by atoms with E-state index in [2.05, 4.69) is 13.8 Å². The molecule has 1 rings (SSSR count). The summed E-state index contributed by atoms with van der Waals surface area (Å²) >= 11 is 5.81. The standard InChI is InChI=1S/C13H20ClNO/c1-9(2)12(8-15)13(16)7-10-3-5-11(14)6-4-10/h3-6,9,12-13,16H,7-8,15H2,1-2H3. The molecule has 0 radical (unpaired) electrons. The molecule has 0 bridgehead atoms. The summed E-state index contributed by atoms with van der Waals surface area (Å²) < 4.78 is 0. The molecule has 3 N–H and O–H groups in total. The molecule has 0 fully saturated rings. The summed E-state index contributed by atoms with van der Waals surface area (Å²) in [5.74, 6) is 0.544. The Bertz CT molecular complexity index is 310. The highest BCUT2D eigenvalue weighted by Crippen LogP contribution is 2.18. The number of benzene rings is 1. The Kier molecular flexibility index (Phi) is 5.26. The highest BCUT2D eigenvalue weighted by Gasteiger charge is 2.21. The second-order valence-electron chi connectivity index (χ2n) is 4.54. The number of aliphatic hydroxyl groups is 1. The van der Waals surface area contributed by atoms with Gasteiger partial charge in [-0.1, -0.05) is 37.6 Å². The normalized spacial score (nSPS) is 15.1. The van der Waals surface area contributed by atoms with Gasteiger partial charge in [-0.25, -0.2) is 0 Å². The Morgan fingerprint density at radius 1 is 1.25 bits per heavy atom. The Labute approximate surface area is 102 Å². The second-order valence-corrected chi connectivity index (χ2v) is 4.98. The number of hydrogen-bond acceptors (Lipinski definition) is 2. The van der Waals surface area contributed by atoms with Crippen molar-refractivity contribution in [3.63, 3.8) is 0 Å². The van der Waals surface area contributed by atoms with Gasteiger partial charge in [0.25, 0.3) is 0 Å². The fourth-order valence-electron chi connectivity index (χ4n) is 1.89. The molecule has 2 unspecified atom stereocenters. The zero-order valence-corrected chi connectivity index (χ0v) is 10.6. The summed E-state index contributed by atoms with van der Waals surface area (Å²) in [6.07, 6.45) is 0.253. The molecule has 0 saturated heterocycles. The minimum absolute atomic E-state index is 0.149. The lowest BCUT2D eigenvalue weighted by molar-refractivity contribution is 0.0863. The molecule has 3 heteroatoms. The molecule has 0 aromatic heterocycles. The van der Waals surface area contributed by atoms with E-state index in [1.807, 2.05) is 24.3 Å². The van der Waals surface area contributed by atoms with Crippen LogP contribution < -0.4 is 5.73 Å². The lowest BCUT2D eigenvalue weighted by Crippen LogP contribution is -2.33. The summed E-state index contributed by atoms with van der Waals surface area (Å²) in [5.41, 5.74) is 6.76. The fraction of sp³-hybridized carbons (Fsp3) is 0.538. The van der Waals surface area contributed by atoms with Crippen molar-refractivity contribution in [2.75, 3.05) is 6.54 Å². The minimum atomic E-state index is -0.383. The number of rotatable bonds is 5. The smallest absolute Gasteiger partial charge is 0.0623 e. The lowest BCUT2D eigenvalue weighted by atomic mass is 9.87. The zero-order valence-electron chi connectivity index (χ0n) is 9.86. The van der Waals surface area contributed by atoms with Crippen LogP contribution in [-0.4, -0.2) is 17.8 Å².